The summed E-state index contributed by atoms with van der Waals surface area (Å²) >= 11 is 6.03. The van der Waals surface area contributed by atoms with Crippen LogP contribution in [0.5, 0.6) is 0 Å². The second kappa shape index (κ2) is 8.53. The van der Waals surface area contributed by atoms with Gasteiger partial charge in [0.15, 0.2) is 0 Å². The van der Waals surface area contributed by atoms with Crippen LogP contribution in [0, 0.1) is 0 Å². The van der Waals surface area contributed by atoms with E-state index in [0.29, 0.717) is 18.1 Å². The molecule has 0 bridgehead atoms. The molecule has 1 aliphatic rings. The molecule has 0 radical (unpaired) electrons. The van der Waals surface area contributed by atoms with E-state index in [1.165, 1.54) is 4.90 Å². The predicted molar refractivity (Wildman–Crippen MR) is 85.2 cm³/mol. The fourth-order valence-electron chi connectivity index (χ4n) is 2.47. The van der Waals surface area contributed by atoms with Crippen molar-refractivity contribution < 1.29 is 27.5 Å². The van der Waals surface area contributed by atoms with Gasteiger partial charge in [-0.15, -0.1) is 0 Å². The molecule has 1 aromatic carbocycles. The average molecular weight is 379 g/mol. The zero-order chi connectivity index (χ0) is 18.4. The molecule has 9 heteroatoms. The third-order valence-electron chi connectivity index (χ3n) is 3.78. The maximum Gasteiger partial charge on any atom is 0.411 e. The minimum Gasteiger partial charge on any atom is -0.362 e. The summed E-state index contributed by atoms with van der Waals surface area (Å²) in [6.07, 6.45) is -4.29. The molecule has 0 aliphatic carbocycles. The molecule has 1 saturated heterocycles. The van der Waals surface area contributed by atoms with Gasteiger partial charge in [-0.2, -0.15) is 13.2 Å². The first-order chi connectivity index (χ1) is 11.8. The molecule has 1 heterocycles. The van der Waals surface area contributed by atoms with Crippen molar-refractivity contribution in [1.29, 1.82) is 0 Å². The summed E-state index contributed by atoms with van der Waals surface area (Å²) in [6, 6.07) is 7.06. The van der Waals surface area contributed by atoms with Crippen molar-refractivity contribution in [2.45, 2.75) is 12.6 Å². The van der Waals surface area contributed by atoms with Gasteiger partial charge < -0.3 is 14.5 Å². The van der Waals surface area contributed by atoms with E-state index in [2.05, 4.69) is 4.74 Å². The van der Waals surface area contributed by atoms with E-state index in [0.717, 1.165) is 5.56 Å². The number of amides is 2. The van der Waals surface area contributed by atoms with Crippen molar-refractivity contribution in [1.82, 2.24) is 9.80 Å². The number of benzene rings is 1. The average Bonchev–Trinajstić information content (AvgIpc) is 2.56. The highest BCUT2D eigenvalue weighted by Crippen LogP contribution is 2.17. The van der Waals surface area contributed by atoms with E-state index in [-0.39, 0.29) is 25.4 Å². The zero-order valence-electron chi connectivity index (χ0n) is 13.4. The van der Waals surface area contributed by atoms with Crippen molar-refractivity contribution >= 4 is 23.4 Å². The molecular weight excluding hydrogens is 361 g/mol. The van der Waals surface area contributed by atoms with E-state index >= 15 is 0 Å². The first-order valence-corrected chi connectivity index (χ1v) is 8.07. The zero-order valence-corrected chi connectivity index (χ0v) is 14.1. The van der Waals surface area contributed by atoms with Gasteiger partial charge in [-0.1, -0.05) is 29.8 Å². The van der Waals surface area contributed by atoms with Crippen LogP contribution in [0.1, 0.15) is 5.56 Å². The quantitative estimate of drug-likeness (QED) is 0.788. The Balaban J connectivity index is 1.76. The summed E-state index contributed by atoms with van der Waals surface area (Å²) < 4.78 is 40.3. The van der Waals surface area contributed by atoms with Crippen LogP contribution in [0.2, 0.25) is 5.02 Å². The minimum absolute atomic E-state index is 0.103. The van der Waals surface area contributed by atoms with Gasteiger partial charge in [-0.05, 0) is 11.6 Å². The summed E-state index contributed by atoms with van der Waals surface area (Å²) in [7, 11) is 0. The Labute approximate surface area is 148 Å². The SMILES string of the molecule is O=C(COCC(F)(F)F)N1CCN(C(=O)Cc2ccccc2Cl)CC1. The molecule has 1 aromatic rings. The number of alkyl halides is 3. The first kappa shape index (κ1) is 19.5. The van der Waals surface area contributed by atoms with E-state index in [9.17, 15) is 22.8 Å². The van der Waals surface area contributed by atoms with Crippen LogP contribution in [-0.4, -0.2) is 67.2 Å². The van der Waals surface area contributed by atoms with Crippen LogP contribution >= 0.6 is 11.6 Å². The van der Waals surface area contributed by atoms with Crippen molar-refractivity contribution in [3.63, 3.8) is 0 Å². The fourth-order valence-corrected chi connectivity index (χ4v) is 2.67. The molecule has 0 spiro atoms. The van der Waals surface area contributed by atoms with Gasteiger partial charge in [0.2, 0.25) is 11.8 Å². The van der Waals surface area contributed by atoms with E-state index in [4.69, 9.17) is 11.6 Å². The third kappa shape index (κ3) is 6.21. The second-order valence-corrected chi connectivity index (χ2v) is 6.04. The summed E-state index contributed by atoms with van der Waals surface area (Å²) in [4.78, 5) is 27.1. The lowest BCUT2D eigenvalue weighted by Crippen LogP contribution is -2.51. The molecule has 2 amide bonds. The van der Waals surface area contributed by atoms with Crippen LogP contribution in [0.15, 0.2) is 24.3 Å². The summed E-state index contributed by atoms with van der Waals surface area (Å²) in [5, 5.41) is 0.520. The van der Waals surface area contributed by atoms with Crippen LogP contribution in [-0.2, 0) is 20.7 Å². The Morgan fingerprint density at radius 3 is 2.16 bits per heavy atom. The van der Waals surface area contributed by atoms with Crippen LogP contribution in [0.3, 0.4) is 0 Å². The number of halogens is 4. The third-order valence-corrected chi connectivity index (χ3v) is 4.14. The smallest absolute Gasteiger partial charge is 0.362 e. The number of ether oxygens (including phenoxy) is 1. The number of rotatable bonds is 5. The van der Waals surface area contributed by atoms with Crippen LogP contribution in [0.4, 0.5) is 13.2 Å². The highest BCUT2D eigenvalue weighted by Gasteiger charge is 2.29. The van der Waals surface area contributed by atoms with E-state index in [1.807, 2.05) is 0 Å². The summed E-state index contributed by atoms with van der Waals surface area (Å²) in [5.74, 6) is -0.615. The van der Waals surface area contributed by atoms with Crippen LogP contribution < -0.4 is 0 Å². The molecule has 0 aromatic heterocycles. The van der Waals surface area contributed by atoms with Gasteiger partial charge in [-0.3, -0.25) is 9.59 Å². The number of hydrogen-bond acceptors (Lipinski definition) is 3. The second-order valence-electron chi connectivity index (χ2n) is 5.64. The largest absolute Gasteiger partial charge is 0.411 e. The monoisotopic (exact) mass is 378 g/mol. The first-order valence-electron chi connectivity index (χ1n) is 7.70. The van der Waals surface area contributed by atoms with Gasteiger partial charge in [0, 0.05) is 31.2 Å². The predicted octanol–water partition coefficient (Wildman–Crippen LogP) is 2.13. The van der Waals surface area contributed by atoms with Gasteiger partial charge >= 0.3 is 6.18 Å². The lowest BCUT2D eigenvalue weighted by atomic mass is 10.1. The molecule has 5 nitrogen and oxygen atoms in total. The van der Waals surface area contributed by atoms with E-state index in [1.54, 1.807) is 29.2 Å². The fraction of sp³-hybridized carbons (Fsp3) is 0.500. The normalized spacial score (nSPS) is 15.4. The number of carbonyl (C=O) groups excluding carboxylic acids is 2. The van der Waals surface area contributed by atoms with Gasteiger partial charge in [0.05, 0.1) is 6.42 Å². The molecular formula is C16H18ClF3N2O3. The maximum absolute atomic E-state index is 12.3. The summed E-state index contributed by atoms with van der Waals surface area (Å²) in [6.45, 7) is -0.879. The van der Waals surface area contributed by atoms with Gasteiger partial charge in [0.25, 0.3) is 0 Å². The Bertz CT molecular complexity index is 617. The van der Waals surface area contributed by atoms with Gasteiger partial charge in [0.1, 0.15) is 13.2 Å². The molecule has 0 N–H and O–H groups in total. The Morgan fingerprint density at radius 2 is 1.60 bits per heavy atom. The molecule has 1 fully saturated rings. The van der Waals surface area contributed by atoms with Crippen molar-refractivity contribution in [2.24, 2.45) is 0 Å². The highest BCUT2D eigenvalue weighted by molar-refractivity contribution is 6.31. The molecule has 25 heavy (non-hydrogen) atoms. The Morgan fingerprint density at radius 1 is 1.04 bits per heavy atom. The lowest BCUT2D eigenvalue weighted by molar-refractivity contribution is -0.178. The van der Waals surface area contributed by atoms with Crippen molar-refractivity contribution in [2.75, 3.05) is 39.4 Å². The molecule has 0 atom stereocenters. The number of piperazine rings is 1. The maximum atomic E-state index is 12.3. The molecule has 1 aliphatic heterocycles. The molecule has 138 valence electrons. The highest BCUT2D eigenvalue weighted by atomic mass is 35.5. The molecule has 0 saturated carbocycles. The van der Waals surface area contributed by atoms with Gasteiger partial charge in [-0.25, -0.2) is 0 Å². The molecule has 0 unspecified atom stereocenters. The number of carbonyl (C=O) groups is 2. The number of hydrogen-bond donors (Lipinski definition) is 0. The Hall–Kier alpha value is -1.80. The molecule has 2 rings (SSSR count). The van der Waals surface area contributed by atoms with E-state index < -0.39 is 25.3 Å². The van der Waals surface area contributed by atoms with Crippen molar-refractivity contribution in [3.05, 3.63) is 34.9 Å². The Kier molecular flexibility index (Phi) is 6.66. The topological polar surface area (TPSA) is 49.9 Å². The lowest BCUT2D eigenvalue weighted by Gasteiger charge is -2.34. The number of nitrogens with zero attached hydrogens (tertiary/aromatic N) is 2. The van der Waals surface area contributed by atoms with Crippen LogP contribution in [0.25, 0.3) is 0 Å². The standard InChI is InChI=1S/C16H18ClF3N2O3/c17-13-4-2-1-3-12(13)9-14(23)21-5-7-22(8-6-21)15(24)10-25-11-16(18,19)20/h1-4H,5-11H2. The van der Waals surface area contributed by atoms with Crippen molar-refractivity contribution in [3.8, 4) is 0 Å². The minimum atomic E-state index is -4.45. The summed E-state index contributed by atoms with van der Waals surface area (Å²) in [5.41, 5.74) is 0.730.